The number of halogens is 1. The standard InChI is InChI=1S/C22H22ClN3O2/c1-15-7-6-8-19(11-15)26-16(2)12-18(17(26)3)13-24-25-22(27)14-28-21-10-5-4-9-20(21)23/h4-13H,14H2,1-3H3,(H,25,27)/b24-13+. The van der Waals surface area contributed by atoms with Gasteiger partial charge in [-0.3, -0.25) is 4.79 Å². The van der Waals surface area contributed by atoms with E-state index in [9.17, 15) is 4.79 Å². The van der Waals surface area contributed by atoms with E-state index in [2.05, 4.69) is 40.2 Å². The molecule has 144 valence electrons. The van der Waals surface area contributed by atoms with E-state index >= 15 is 0 Å². The molecule has 0 aliphatic heterocycles. The number of hydrazone groups is 1. The Kier molecular flexibility index (Phi) is 6.16. The lowest BCUT2D eigenvalue weighted by Crippen LogP contribution is -2.24. The molecule has 3 aromatic rings. The molecule has 0 bridgehead atoms. The molecular formula is C22H22ClN3O2. The average molecular weight is 396 g/mol. The van der Waals surface area contributed by atoms with Gasteiger partial charge in [0.1, 0.15) is 5.75 Å². The molecule has 0 aliphatic carbocycles. The van der Waals surface area contributed by atoms with E-state index in [1.807, 2.05) is 26.0 Å². The summed E-state index contributed by atoms with van der Waals surface area (Å²) >= 11 is 6.00. The van der Waals surface area contributed by atoms with E-state index in [1.54, 1.807) is 30.5 Å². The van der Waals surface area contributed by atoms with Crippen LogP contribution in [0.3, 0.4) is 0 Å². The van der Waals surface area contributed by atoms with Crippen molar-refractivity contribution < 1.29 is 9.53 Å². The van der Waals surface area contributed by atoms with Gasteiger partial charge in [-0.15, -0.1) is 0 Å². The molecule has 2 aromatic carbocycles. The maximum atomic E-state index is 11.9. The predicted octanol–water partition coefficient (Wildman–Crippen LogP) is 4.59. The van der Waals surface area contributed by atoms with Crippen molar-refractivity contribution in [3.8, 4) is 11.4 Å². The Morgan fingerprint density at radius 1 is 1.14 bits per heavy atom. The summed E-state index contributed by atoms with van der Waals surface area (Å²) in [4.78, 5) is 11.9. The van der Waals surface area contributed by atoms with Gasteiger partial charge < -0.3 is 9.30 Å². The van der Waals surface area contributed by atoms with Crippen LogP contribution in [0.4, 0.5) is 0 Å². The maximum Gasteiger partial charge on any atom is 0.277 e. The molecule has 0 radical (unpaired) electrons. The molecule has 1 aromatic heterocycles. The van der Waals surface area contributed by atoms with E-state index in [-0.39, 0.29) is 12.5 Å². The number of carbonyl (C=O) groups is 1. The van der Waals surface area contributed by atoms with Crippen molar-refractivity contribution in [3.05, 3.63) is 82.1 Å². The summed E-state index contributed by atoms with van der Waals surface area (Å²) in [5, 5.41) is 4.51. The number of nitrogens with zero attached hydrogens (tertiary/aromatic N) is 2. The van der Waals surface area contributed by atoms with Gasteiger partial charge in [0.25, 0.3) is 5.91 Å². The van der Waals surface area contributed by atoms with Gasteiger partial charge in [0.05, 0.1) is 11.2 Å². The molecule has 0 aliphatic rings. The molecule has 5 nitrogen and oxygen atoms in total. The highest BCUT2D eigenvalue weighted by Crippen LogP contribution is 2.23. The molecule has 0 saturated heterocycles. The Labute approximate surface area is 169 Å². The van der Waals surface area contributed by atoms with Crippen LogP contribution in [-0.4, -0.2) is 23.3 Å². The molecule has 1 N–H and O–H groups in total. The Hall–Kier alpha value is -3.05. The van der Waals surface area contributed by atoms with Crippen LogP contribution in [-0.2, 0) is 4.79 Å². The average Bonchev–Trinajstić information content (AvgIpc) is 2.94. The molecule has 3 rings (SSSR count). The van der Waals surface area contributed by atoms with Gasteiger partial charge in [-0.1, -0.05) is 35.9 Å². The summed E-state index contributed by atoms with van der Waals surface area (Å²) in [7, 11) is 0. The summed E-state index contributed by atoms with van der Waals surface area (Å²) < 4.78 is 7.56. The van der Waals surface area contributed by atoms with Crippen molar-refractivity contribution in [3.63, 3.8) is 0 Å². The summed E-state index contributed by atoms with van der Waals surface area (Å²) in [6.45, 7) is 5.98. The van der Waals surface area contributed by atoms with Crippen molar-refractivity contribution in [2.75, 3.05) is 6.61 Å². The van der Waals surface area contributed by atoms with Crippen LogP contribution in [0.2, 0.25) is 5.02 Å². The van der Waals surface area contributed by atoms with Crippen LogP contribution in [0.15, 0.2) is 59.7 Å². The molecule has 0 unspecified atom stereocenters. The van der Waals surface area contributed by atoms with Crippen LogP contribution in [0.25, 0.3) is 5.69 Å². The third-order valence-electron chi connectivity index (χ3n) is 4.32. The van der Waals surface area contributed by atoms with Crippen LogP contribution in [0.5, 0.6) is 5.75 Å². The first-order chi connectivity index (χ1) is 13.5. The topological polar surface area (TPSA) is 55.6 Å². The number of rotatable bonds is 6. The Balaban J connectivity index is 1.64. The Bertz CT molecular complexity index is 1020. The second-order valence-corrected chi connectivity index (χ2v) is 6.92. The van der Waals surface area contributed by atoms with Gasteiger partial charge in [0.15, 0.2) is 6.61 Å². The van der Waals surface area contributed by atoms with Gasteiger partial charge in [0, 0.05) is 22.6 Å². The minimum atomic E-state index is -0.358. The number of ether oxygens (including phenoxy) is 1. The number of para-hydroxylation sites is 1. The molecule has 6 heteroatoms. The quantitative estimate of drug-likeness (QED) is 0.490. The van der Waals surface area contributed by atoms with Crippen LogP contribution >= 0.6 is 11.6 Å². The highest BCUT2D eigenvalue weighted by Gasteiger charge is 2.10. The predicted molar refractivity (Wildman–Crippen MR) is 113 cm³/mol. The number of benzene rings is 2. The van der Waals surface area contributed by atoms with Crippen LogP contribution in [0, 0.1) is 20.8 Å². The van der Waals surface area contributed by atoms with Crippen molar-refractivity contribution >= 4 is 23.7 Å². The lowest BCUT2D eigenvalue weighted by molar-refractivity contribution is -0.123. The van der Waals surface area contributed by atoms with Crippen molar-refractivity contribution in [2.24, 2.45) is 5.10 Å². The fraction of sp³-hybridized carbons (Fsp3) is 0.182. The van der Waals surface area contributed by atoms with Crippen LogP contribution in [0.1, 0.15) is 22.5 Å². The van der Waals surface area contributed by atoms with Gasteiger partial charge in [0.2, 0.25) is 0 Å². The number of aromatic nitrogens is 1. The van der Waals surface area contributed by atoms with E-state index in [0.29, 0.717) is 10.8 Å². The van der Waals surface area contributed by atoms with Gasteiger partial charge in [-0.25, -0.2) is 5.43 Å². The normalized spacial score (nSPS) is 11.0. The molecule has 0 atom stereocenters. The molecule has 0 spiro atoms. The van der Waals surface area contributed by atoms with Crippen molar-refractivity contribution in [2.45, 2.75) is 20.8 Å². The second kappa shape index (κ2) is 8.76. The number of hydrogen-bond acceptors (Lipinski definition) is 3. The van der Waals surface area contributed by atoms with E-state index in [1.165, 1.54) is 5.56 Å². The Morgan fingerprint density at radius 2 is 1.93 bits per heavy atom. The first kappa shape index (κ1) is 19.7. The Morgan fingerprint density at radius 3 is 2.68 bits per heavy atom. The van der Waals surface area contributed by atoms with Crippen molar-refractivity contribution in [1.29, 1.82) is 0 Å². The zero-order valence-corrected chi connectivity index (χ0v) is 16.8. The molecule has 1 heterocycles. The fourth-order valence-corrected chi connectivity index (χ4v) is 3.18. The lowest BCUT2D eigenvalue weighted by Gasteiger charge is -2.10. The number of hydrogen-bond donors (Lipinski definition) is 1. The monoisotopic (exact) mass is 395 g/mol. The first-order valence-corrected chi connectivity index (χ1v) is 9.28. The summed E-state index contributed by atoms with van der Waals surface area (Å²) in [5.74, 6) is 0.105. The lowest BCUT2D eigenvalue weighted by atomic mass is 10.2. The van der Waals surface area contributed by atoms with Crippen LogP contribution < -0.4 is 10.2 Å². The molecule has 0 saturated carbocycles. The fourth-order valence-electron chi connectivity index (χ4n) is 2.99. The number of nitrogens with one attached hydrogen (secondary N) is 1. The number of aryl methyl sites for hydroxylation is 2. The van der Waals surface area contributed by atoms with Gasteiger partial charge >= 0.3 is 0 Å². The SMILES string of the molecule is Cc1cccc(-n2c(C)cc(/C=N/NC(=O)COc3ccccc3Cl)c2C)c1. The zero-order chi connectivity index (χ0) is 20.1. The largest absolute Gasteiger partial charge is 0.482 e. The van der Waals surface area contributed by atoms with Gasteiger partial charge in [-0.2, -0.15) is 5.10 Å². The van der Waals surface area contributed by atoms with Crippen molar-refractivity contribution in [1.82, 2.24) is 9.99 Å². The minimum absolute atomic E-state index is 0.163. The summed E-state index contributed by atoms with van der Waals surface area (Å²) in [6, 6.07) is 17.4. The highest BCUT2D eigenvalue weighted by molar-refractivity contribution is 6.32. The van der Waals surface area contributed by atoms with E-state index < -0.39 is 0 Å². The number of amides is 1. The van der Waals surface area contributed by atoms with E-state index in [4.69, 9.17) is 16.3 Å². The summed E-state index contributed by atoms with van der Waals surface area (Å²) in [5.41, 5.74) is 7.86. The minimum Gasteiger partial charge on any atom is -0.482 e. The third-order valence-corrected chi connectivity index (χ3v) is 4.63. The zero-order valence-electron chi connectivity index (χ0n) is 16.1. The molecular weight excluding hydrogens is 374 g/mol. The molecule has 28 heavy (non-hydrogen) atoms. The van der Waals surface area contributed by atoms with E-state index in [0.717, 1.165) is 22.6 Å². The first-order valence-electron chi connectivity index (χ1n) is 8.91. The molecule has 0 fully saturated rings. The third kappa shape index (κ3) is 4.61. The highest BCUT2D eigenvalue weighted by atomic mass is 35.5. The second-order valence-electron chi connectivity index (χ2n) is 6.51. The number of carbonyl (C=O) groups excluding carboxylic acids is 1. The smallest absolute Gasteiger partial charge is 0.277 e. The maximum absolute atomic E-state index is 11.9. The summed E-state index contributed by atoms with van der Waals surface area (Å²) in [6.07, 6.45) is 1.64. The molecule has 1 amide bonds. The van der Waals surface area contributed by atoms with Gasteiger partial charge in [-0.05, 0) is 56.7 Å².